The zero-order valence-corrected chi connectivity index (χ0v) is 10.3. The number of ether oxygens (including phenoxy) is 1. The van der Waals surface area contributed by atoms with Gasteiger partial charge in [0.2, 0.25) is 0 Å². The number of hydrogen-bond acceptors (Lipinski definition) is 4. The number of nitrogens with zero attached hydrogens (tertiary/aromatic N) is 1. The number of carbonyl (C=O) groups excluding carboxylic acids is 1. The molecular weight excluding hydrogens is 260 g/mol. The molecule has 0 radical (unpaired) electrons. The van der Waals surface area contributed by atoms with E-state index in [-0.39, 0.29) is 22.7 Å². The first-order valence-electron chi connectivity index (χ1n) is 5.29. The number of esters is 1. The Hall–Kier alpha value is -1.69. The van der Waals surface area contributed by atoms with Crippen LogP contribution in [0.5, 0.6) is 0 Å². The molecule has 94 valence electrons. The van der Waals surface area contributed by atoms with Crippen molar-refractivity contribution in [1.82, 2.24) is 0 Å². The second-order valence-electron chi connectivity index (χ2n) is 3.62. The Morgan fingerprint density at radius 2 is 2.11 bits per heavy atom. The molecule has 1 aliphatic heterocycles. The summed E-state index contributed by atoms with van der Waals surface area (Å²) in [6, 6.07) is 1.93. The van der Waals surface area contributed by atoms with Gasteiger partial charge in [0.1, 0.15) is 23.2 Å². The highest BCUT2D eigenvalue weighted by molar-refractivity contribution is 7.81. The lowest BCUT2D eigenvalue weighted by Crippen LogP contribution is -2.29. The predicted octanol–water partition coefficient (Wildman–Crippen LogP) is 2.58. The Morgan fingerprint density at radius 1 is 1.44 bits per heavy atom. The summed E-state index contributed by atoms with van der Waals surface area (Å²) in [5, 5.41) is 0. The fraction of sp³-hybridized carbons (Fsp3) is 0.250. The second-order valence-corrected chi connectivity index (χ2v) is 4.06. The molecule has 1 atom stereocenters. The molecule has 1 heterocycles. The van der Waals surface area contributed by atoms with Gasteiger partial charge in [0.15, 0.2) is 0 Å². The summed E-state index contributed by atoms with van der Waals surface area (Å²) in [6.07, 6.45) is 1.19. The monoisotopic (exact) mass is 269 g/mol. The fourth-order valence-corrected chi connectivity index (χ4v) is 2.03. The molecule has 0 saturated heterocycles. The third kappa shape index (κ3) is 2.03. The van der Waals surface area contributed by atoms with Crippen LogP contribution in [0.2, 0.25) is 0 Å². The molecule has 6 heteroatoms. The van der Waals surface area contributed by atoms with E-state index in [9.17, 15) is 13.6 Å². The number of thiocarbonyl (C=S) groups is 1. The first kappa shape index (κ1) is 12.8. The number of fused-ring (bicyclic) bond motifs is 1. The zero-order valence-electron chi connectivity index (χ0n) is 9.44. The van der Waals surface area contributed by atoms with Crippen LogP contribution in [0.4, 0.5) is 14.5 Å². The van der Waals surface area contributed by atoms with Crippen LogP contribution in [0, 0.1) is 17.6 Å². The lowest BCUT2D eigenvalue weighted by atomic mass is 9.95. The topological polar surface area (TPSA) is 38.7 Å². The van der Waals surface area contributed by atoms with Crippen molar-refractivity contribution in [3.63, 3.8) is 0 Å². The molecule has 0 aromatic heterocycles. The average molecular weight is 269 g/mol. The van der Waals surface area contributed by atoms with E-state index in [0.29, 0.717) is 0 Å². The summed E-state index contributed by atoms with van der Waals surface area (Å²) in [5.41, 5.74) is -0.300. The second kappa shape index (κ2) is 4.89. The van der Waals surface area contributed by atoms with E-state index in [0.717, 1.165) is 12.1 Å². The van der Waals surface area contributed by atoms with E-state index in [1.807, 2.05) is 0 Å². The number of aliphatic imine (C=N–C) groups is 1. The fourth-order valence-electron chi connectivity index (χ4n) is 1.67. The van der Waals surface area contributed by atoms with Gasteiger partial charge in [-0.25, -0.2) is 8.78 Å². The minimum Gasteiger partial charge on any atom is -0.465 e. The maximum Gasteiger partial charge on any atom is 0.319 e. The van der Waals surface area contributed by atoms with Crippen LogP contribution in [0.1, 0.15) is 12.5 Å². The van der Waals surface area contributed by atoms with Crippen molar-refractivity contribution in [1.29, 1.82) is 0 Å². The van der Waals surface area contributed by atoms with Gasteiger partial charge in [-0.05, 0) is 19.1 Å². The number of carbonyl (C=O) groups is 1. The molecule has 0 saturated carbocycles. The molecule has 0 aliphatic carbocycles. The standard InChI is InChI=1S/C12H9F2NO2S/c1-2-17-12(16)6-5-15-10-8(14)4-3-7(13)9(10)11(6)18/h3-6H,2H2,1H3. The number of hydrogen-bond donors (Lipinski definition) is 0. The lowest BCUT2D eigenvalue weighted by Gasteiger charge is -2.19. The third-order valence-corrected chi connectivity index (χ3v) is 2.96. The molecule has 3 nitrogen and oxygen atoms in total. The normalized spacial score (nSPS) is 17.5. The van der Waals surface area contributed by atoms with Gasteiger partial charge in [0, 0.05) is 11.1 Å². The van der Waals surface area contributed by atoms with Gasteiger partial charge in [-0.2, -0.15) is 0 Å². The van der Waals surface area contributed by atoms with Crippen LogP contribution < -0.4 is 0 Å². The summed E-state index contributed by atoms with van der Waals surface area (Å²) in [5.74, 6) is -2.92. The van der Waals surface area contributed by atoms with Gasteiger partial charge in [-0.3, -0.25) is 9.79 Å². The Kier molecular flexibility index (Phi) is 3.47. The van der Waals surface area contributed by atoms with Crippen molar-refractivity contribution in [2.24, 2.45) is 10.9 Å². The summed E-state index contributed by atoms with van der Waals surface area (Å²) in [6.45, 7) is 1.83. The van der Waals surface area contributed by atoms with Crippen LogP contribution in [0.15, 0.2) is 17.1 Å². The molecule has 0 fully saturated rings. The quantitative estimate of drug-likeness (QED) is 0.612. The van der Waals surface area contributed by atoms with Crippen LogP contribution in [-0.4, -0.2) is 23.7 Å². The predicted molar refractivity (Wildman–Crippen MR) is 66.3 cm³/mol. The van der Waals surface area contributed by atoms with Crippen molar-refractivity contribution < 1.29 is 18.3 Å². The van der Waals surface area contributed by atoms with Gasteiger partial charge >= 0.3 is 5.97 Å². The summed E-state index contributed by atoms with van der Waals surface area (Å²) >= 11 is 5.02. The highest BCUT2D eigenvalue weighted by atomic mass is 32.1. The minimum absolute atomic E-state index is 0.00421. The summed E-state index contributed by atoms with van der Waals surface area (Å²) in [4.78, 5) is 15.4. The van der Waals surface area contributed by atoms with Crippen LogP contribution in [0.25, 0.3) is 0 Å². The van der Waals surface area contributed by atoms with E-state index >= 15 is 0 Å². The first-order valence-corrected chi connectivity index (χ1v) is 5.70. The van der Waals surface area contributed by atoms with Crippen molar-refractivity contribution in [3.8, 4) is 0 Å². The lowest BCUT2D eigenvalue weighted by molar-refractivity contribution is -0.143. The molecule has 0 N–H and O–H groups in total. The Labute approximate surface area is 107 Å². The van der Waals surface area contributed by atoms with E-state index in [1.165, 1.54) is 6.21 Å². The smallest absolute Gasteiger partial charge is 0.319 e. The third-order valence-electron chi connectivity index (χ3n) is 2.50. The number of halogens is 2. The average Bonchev–Trinajstić information content (AvgIpc) is 2.34. The van der Waals surface area contributed by atoms with Gasteiger partial charge in [0.05, 0.1) is 12.2 Å². The van der Waals surface area contributed by atoms with Gasteiger partial charge in [0.25, 0.3) is 0 Å². The molecule has 0 spiro atoms. The minimum atomic E-state index is -0.941. The molecule has 0 amide bonds. The van der Waals surface area contributed by atoms with Crippen LogP contribution in [0.3, 0.4) is 0 Å². The number of rotatable bonds is 2. The maximum atomic E-state index is 13.6. The molecule has 1 aromatic rings. The Bertz CT molecular complexity index is 557. The van der Waals surface area contributed by atoms with E-state index < -0.39 is 23.5 Å². The first-order chi connectivity index (χ1) is 8.56. The molecule has 2 rings (SSSR count). The molecular formula is C12H9F2NO2S. The zero-order chi connectivity index (χ0) is 13.3. The maximum absolute atomic E-state index is 13.6. The molecule has 0 bridgehead atoms. The molecule has 1 aliphatic rings. The molecule has 1 aromatic carbocycles. The van der Waals surface area contributed by atoms with Crippen molar-refractivity contribution in [2.45, 2.75) is 6.92 Å². The van der Waals surface area contributed by atoms with E-state index in [4.69, 9.17) is 17.0 Å². The SMILES string of the molecule is CCOC(=O)C1C=Nc2c(F)ccc(F)c2C1=S. The summed E-state index contributed by atoms with van der Waals surface area (Å²) in [7, 11) is 0. The van der Waals surface area contributed by atoms with Gasteiger partial charge < -0.3 is 4.74 Å². The van der Waals surface area contributed by atoms with Gasteiger partial charge in [-0.15, -0.1) is 0 Å². The molecule has 18 heavy (non-hydrogen) atoms. The van der Waals surface area contributed by atoms with Crippen molar-refractivity contribution >= 4 is 35.0 Å². The highest BCUT2D eigenvalue weighted by Crippen LogP contribution is 2.32. The van der Waals surface area contributed by atoms with E-state index in [2.05, 4.69) is 4.99 Å². The van der Waals surface area contributed by atoms with Crippen molar-refractivity contribution in [2.75, 3.05) is 6.61 Å². The largest absolute Gasteiger partial charge is 0.465 e. The summed E-state index contributed by atoms with van der Waals surface area (Å²) < 4.78 is 31.9. The Morgan fingerprint density at radius 3 is 2.78 bits per heavy atom. The number of benzene rings is 1. The van der Waals surface area contributed by atoms with Crippen LogP contribution in [-0.2, 0) is 9.53 Å². The molecule has 1 unspecified atom stereocenters. The Balaban J connectivity index is 2.46. The van der Waals surface area contributed by atoms with Crippen molar-refractivity contribution in [3.05, 3.63) is 29.3 Å². The van der Waals surface area contributed by atoms with E-state index in [1.54, 1.807) is 6.92 Å². The highest BCUT2D eigenvalue weighted by Gasteiger charge is 2.31. The van der Waals surface area contributed by atoms with Crippen LogP contribution >= 0.6 is 12.2 Å². The van der Waals surface area contributed by atoms with Gasteiger partial charge in [-0.1, -0.05) is 12.2 Å².